The largest absolute Gasteiger partial charge is 0.506 e. The normalized spacial score (nSPS) is 25.2. The predicted molar refractivity (Wildman–Crippen MR) is 68.3 cm³/mol. The molecule has 1 aliphatic rings. The molecule has 0 spiro atoms. The third-order valence-electron chi connectivity index (χ3n) is 3.27. The minimum atomic E-state index is -0.675. The lowest BCUT2D eigenvalue weighted by Gasteiger charge is -2.27. The van der Waals surface area contributed by atoms with E-state index in [4.69, 9.17) is 0 Å². The summed E-state index contributed by atoms with van der Waals surface area (Å²) in [7, 11) is 0. The van der Waals surface area contributed by atoms with Crippen LogP contribution in [-0.2, 0) is 0 Å². The average Bonchev–Trinajstić information content (AvgIpc) is 2.54. The van der Waals surface area contributed by atoms with Crippen molar-refractivity contribution in [2.45, 2.75) is 24.9 Å². The number of hydrogen-bond donors (Lipinski definition) is 4. The van der Waals surface area contributed by atoms with E-state index < -0.39 is 5.60 Å². The van der Waals surface area contributed by atoms with Gasteiger partial charge in [0.2, 0.25) is 0 Å². The molecule has 2 rings (SSSR count). The Labute approximate surface area is 102 Å². The van der Waals surface area contributed by atoms with Crippen LogP contribution in [0.25, 0.3) is 0 Å². The Kier molecular flexibility index (Phi) is 3.86. The van der Waals surface area contributed by atoms with Crippen LogP contribution in [0.2, 0.25) is 0 Å². The molecule has 4 heteroatoms. The molecule has 1 unspecified atom stereocenters. The van der Waals surface area contributed by atoms with Crippen LogP contribution in [0.4, 0.5) is 5.69 Å². The zero-order chi connectivity index (χ0) is 12.1. The first kappa shape index (κ1) is 12.2. The number of para-hydroxylation sites is 2. The number of nitrogens with one attached hydrogen (secondary N) is 2. The van der Waals surface area contributed by atoms with Gasteiger partial charge in [-0.2, -0.15) is 0 Å². The number of phenolic OH excluding ortho intramolecular Hbond substituents is 1. The van der Waals surface area contributed by atoms with Gasteiger partial charge in [0.25, 0.3) is 0 Å². The molecule has 1 aromatic rings. The molecule has 1 aromatic carbocycles. The quantitative estimate of drug-likeness (QED) is 0.598. The molecule has 1 atom stereocenters. The van der Waals surface area contributed by atoms with Gasteiger partial charge in [0.05, 0.1) is 11.3 Å². The monoisotopic (exact) mass is 236 g/mol. The minimum absolute atomic E-state index is 0.225. The lowest BCUT2D eigenvalue weighted by atomic mass is 9.95. The molecular formula is C13H20N2O2. The number of hydrogen-bond acceptors (Lipinski definition) is 4. The number of anilines is 1. The van der Waals surface area contributed by atoms with Crippen molar-refractivity contribution in [3.63, 3.8) is 0 Å². The van der Waals surface area contributed by atoms with Crippen molar-refractivity contribution >= 4 is 5.69 Å². The van der Waals surface area contributed by atoms with Gasteiger partial charge in [0.1, 0.15) is 5.75 Å². The van der Waals surface area contributed by atoms with E-state index in [0.29, 0.717) is 12.2 Å². The lowest BCUT2D eigenvalue weighted by molar-refractivity contribution is 0.0414. The zero-order valence-electron chi connectivity index (χ0n) is 9.95. The summed E-state index contributed by atoms with van der Waals surface area (Å²) in [5, 5.41) is 26.4. The van der Waals surface area contributed by atoms with Gasteiger partial charge in [0.15, 0.2) is 0 Å². The van der Waals surface area contributed by atoms with Gasteiger partial charge in [-0.15, -0.1) is 0 Å². The molecule has 0 amide bonds. The molecule has 0 aliphatic carbocycles. The van der Waals surface area contributed by atoms with E-state index in [1.165, 1.54) is 0 Å². The Bertz CT molecular complexity index is 360. The summed E-state index contributed by atoms with van der Waals surface area (Å²) in [5.74, 6) is 0.225. The molecule has 0 aromatic heterocycles. The maximum absolute atomic E-state index is 10.4. The summed E-state index contributed by atoms with van der Waals surface area (Å²) in [6.45, 7) is 2.30. The fraction of sp³-hybridized carbons (Fsp3) is 0.538. The van der Waals surface area contributed by atoms with Crippen molar-refractivity contribution in [3.8, 4) is 5.75 Å². The molecule has 4 nitrogen and oxygen atoms in total. The van der Waals surface area contributed by atoms with Crippen LogP contribution in [-0.4, -0.2) is 35.4 Å². The van der Waals surface area contributed by atoms with Crippen LogP contribution in [0.3, 0.4) is 0 Å². The van der Waals surface area contributed by atoms with Crippen molar-refractivity contribution < 1.29 is 10.2 Å². The second kappa shape index (κ2) is 5.38. The molecule has 1 heterocycles. The van der Waals surface area contributed by atoms with Gasteiger partial charge < -0.3 is 20.8 Å². The van der Waals surface area contributed by atoms with Crippen LogP contribution in [0.5, 0.6) is 5.75 Å². The predicted octanol–water partition coefficient (Wildman–Crippen LogP) is 1.31. The first-order valence-corrected chi connectivity index (χ1v) is 6.15. The summed E-state index contributed by atoms with van der Waals surface area (Å²) in [4.78, 5) is 0. The Hall–Kier alpha value is -1.26. The van der Waals surface area contributed by atoms with Crippen LogP contribution in [0.15, 0.2) is 24.3 Å². The molecule has 17 heavy (non-hydrogen) atoms. The first-order chi connectivity index (χ1) is 8.20. The SMILES string of the molecule is Oc1ccccc1NCC1(O)CCCNCC1. The molecule has 1 fully saturated rings. The average molecular weight is 236 g/mol. The highest BCUT2D eigenvalue weighted by molar-refractivity contribution is 5.55. The zero-order valence-corrected chi connectivity index (χ0v) is 9.95. The van der Waals surface area contributed by atoms with Crippen LogP contribution < -0.4 is 10.6 Å². The molecule has 0 radical (unpaired) electrons. The standard InChI is InChI=1S/C13H20N2O2/c16-12-5-2-1-4-11(12)15-10-13(17)6-3-8-14-9-7-13/h1-2,4-5,14-17H,3,6-10H2. The third kappa shape index (κ3) is 3.35. The van der Waals surface area contributed by atoms with Crippen LogP contribution in [0.1, 0.15) is 19.3 Å². The van der Waals surface area contributed by atoms with Gasteiger partial charge in [-0.3, -0.25) is 0 Å². The van der Waals surface area contributed by atoms with Gasteiger partial charge in [-0.1, -0.05) is 12.1 Å². The van der Waals surface area contributed by atoms with E-state index in [0.717, 1.165) is 32.4 Å². The molecule has 1 saturated heterocycles. The second-order valence-corrected chi connectivity index (χ2v) is 4.70. The molecule has 4 N–H and O–H groups in total. The summed E-state index contributed by atoms with van der Waals surface area (Å²) >= 11 is 0. The van der Waals surface area contributed by atoms with Gasteiger partial charge in [-0.25, -0.2) is 0 Å². The Morgan fingerprint density at radius 2 is 2.06 bits per heavy atom. The fourth-order valence-corrected chi connectivity index (χ4v) is 2.17. The van der Waals surface area contributed by atoms with E-state index in [1.807, 2.05) is 12.1 Å². The lowest BCUT2D eigenvalue weighted by Crippen LogP contribution is -2.37. The van der Waals surface area contributed by atoms with Gasteiger partial charge in [-0.05, 0) is 44.5 Å². The highest BCUT2D eigenvalue weighted by atomic mass is 16.3. The van der Waals surface area contributed by atoms with Crippen molar-refractivity contribution in [3.05, 3.63) is 24.3 Å². The van der Waals surface area contributed by atoms with E-state index in [-0.39, 0.29) is 5.75 Å². The Morgan fingerprint density at radius 3 is 2.88 bits per heavy atom. The number of phenols is 1. The third-order valence-corrected chi connectivity index (χ3v) is 3.27. The summed E-state index contributed by atoms with van der Waals surface area (Å²) < 4.78 is 0. The number of rotatable bonds is 3. The van der Waals surface area contributed by atoms with Gasteiger partial charge >= 0.3 is 0 Å². The minimum Gasteiger partial charge on any atom is -0.506 e. The number of benzene rings is 1. The fourth-order valence-electron chi connectivity index (χ4n) is 2.17. The maximum Gasteiger partial charge on any atom is 0.138 e. The molecular weight excluding hydrogens is 216 g/mol. The van der Waals surface area contributed by atoms with Gasteiger partial charge in [0, 0.05) is 6.54 Å². The van der Waals surface area contributed by atoms with Crippen LogP contribution >= 0.6 is 0 Å². The van der Waals surface area contributed by atoms with Crippen molar-refractivity contribution in [1.82, 2.24) is 5.32 Å². The van der Waals surface area contributed by atoms with Crippen molar-refractivity contribution in [2.24, 2.45) is 0 Å². The topological polar surface area (TPSA) is 64.5 Å². The van der Waals surface area contributed by atoms with E-state index in [1.54, 1.807) is 12.1 Å². The van der Waals surface area contributed by atoms with Crippen molar-refractivity contribution in [2.75, 3.05) is 25.0 Å². The first-order valence-electron chi connectivity index (χ1n) is 6.15. The van der Waals surface area contributed by atoms with Crippen molar-refractivity contribution in [1.29, 1.82) is 0 Å². The van der Waals surface area contributed by atoms with E-state index >= 15 is 0 Å². The highest BCUT2D eigenvalue weighted by Crippen LogP contribution is 2.25. The molecule has 0 saturated carbocycles. The highest BCUT2D eigenvalue weighted by Gasteiger charge is 2.27. The van der Waals surface area contributed by atoms with E-state index in [2.05, 4.69) is 10.6 Å². The number of aliphatic hydroxyl groups is 1. The number of aromatic hydroxyl groups is 1. The summed E-state index contributed by atoms with van der Waals surface area (Å²) in [6.07, 6.45) is 2.52. The second-order valence-electron chi connectivity index (χ2n) is 4.70. The van der Waals surface area contributed by atoms with Crippen LogP contribution in [0, 0.1) is 0 Å². The summed E-state index contributed by atoms with van der Waals surface area (Å²) in [5.41, 5.74) is 0.00401. The maximum atomic E-state index is 10.4. The Morgan fingerprint density at radius 1 is 1.24 bits per heavy atom. The molecule has 1 aliphatic heterocycles. The Balaban J connectivity index is 1.94. The summed E-state index contributed by atoms with van der Waals surface area (Å²) in [6, 6.07) is 7.10. The molecule has 0 bridgehead atoms. The van der Waals surface area contributed by atoms with E-state index in [9.17, 15) is 10.2 Å². The smallest absolute Gasteiger partial charge is 0.138 e. The molecule has 94 valence electrons.